The number of benzene rings is 2. The van der Waals surface area contributed by atoms with Crippen molar-refractivity contribution in [3.8, 4) is 5.75 Å². The van der Waals surface area contributed by atoms with Crippen LogP contribution in [-0.4, -0.2) is 24.5 Å². The zero-order chi connectivity index (χ0) is 19.6. The number of anilines is 1. The zero-order valence-corrected chi connectivity index (χ0v) is 15.7. The number of urea groups is 1. The molecule has 0 aromatic heterocycles. The fourth-order valence-corrected chi connectivity index (χ4v) is 2.90. The summed E-state index contributed by atoms with van der Waals surface area (Å²) in [5, 5.41) is 2.96. The molecule has 0 spiro atoms. The van der Waals surface area contributed by atoms with Gasteiger partial charge in [0.2, 0.25) is 0 Å². The number of rotatable bonds is 4. The lowest BCUT2D eigenvalue weighted by Crippen LogP contribution is -2.54. The van der Waals surface area contributed by atoms with Crippen molar-refractivity contribution in [2.75, 3.05) is 11.5 Å². The summed E-state index contributed by atoms with van der Waals surface area (Å²) in [6, 6.07) is 10.2. The number of carbonyl (C=O) groups excluding carboxylic acids is 3. The molecule has 1 N–H and O–H groups in total. The molecular weight excluding hydrogens is 391 g/mol. The maximum atomic E-state index is 12.8. The number of nitrogens with one attached hydrogen (secondary N) is 1. The van der Waals surface area contributed by atoms with Crippen LogP contribution in [0, 0.1) is 0 Å². The first-order valence-electron chi connectivity index (χ1n) is 8.00. The number of nitrogens with zero attached hydrogens (tertiary/aromatic N) is 1. The first kappa shape index (κ1) is 18.9. The summed E-state index contributed by atoms with van der Waals surface area (Å²) in [7, 11) is 0. The van der Waals surface area contributed by atoms with Crippen molar-refractivity contribution in [1.82, 2.24) is 5.32 Å². The van der Waals surface area contributed by atoms with Crippen molar-refractivity contribution < 1.29 is 19.1 Å². The van der Waals surface area contributed by atoms with E-state index in [1.54, 1.807) is 30.3 Å². The number of barbiturate groups is 1. The fourth-order valence-electron chi connectivity index (χ4n) is 2.53. The molecule has 138 valence electrons. The third kappa shape index (κ3) is 3.97. The SMILES string of the molecule is CCOc1ccc(C=C2C(=O)NC(=O)N(c3ccc(Cl)cc3)C2=O)cc1Cl. The van der Waals surface area contributed by atoms with Crippen molar-refractivity contribution in [2.24, 2.45) is 0 Å². The van der Waals surface area contributed by atoms with E-state index in [-0.39, 0.29) is 5.57 Å². The summed E-state index contributed by atoms with van der Waals surface area (Å²) in [6.45, 7) is 2.29. The summed E-state index contributed by atoms with van der Waals surface area (Å²) in [5.74, 6) is -1.02. The Bertz CT molecular complexity index is 955. The standard InChI is InChI=1S/C19H14Cl2N2O4/c1-2-27-16-8-3-11(10-15(16)21)9-14-17(24)22-19(26)23(18(14)25)13-6-4-12(20)5-7-13/h3-10H,2H2,1H3,(H,22,24,26). The number of amides is 4. The highest BCUT2D eigenvalue weighted by Gasteiger charge is 2.36. The van der Waals surface area contributed by atoms with Gasteiger partial charge in [0, 0.05) is 5.02 Å². The lowest BCUT2D eigenvalue weighted by Gasteiger charge is -2.26. The molecule has 3 rings (SSSR count). The van der Waals surface area contributed by atoms with Crippen LogP contribution in [-0.2, 0) is 9.59 Å². The Kier molecular flexibility index (Phi) is 5.48. The molecule has 2 aromatic rings. The molecule has 0 atom stereocenters. The summed E-state index contributed by atoms with van der Waals surface area (Å²) in [4.78, 5) is 38.0. The molecule has 8 heteroatoms. The molecular formula is C19H14Cl2N2O4. The molecule has 4 amide bonds. The van der Waals surface area contributed by atoms with Gasteiger partial charge in [0.15, 0.2) is 0 Å². The van der Waals surface area contributed by atoms with Crippen molar-refractivity contribution in [2.45, 2.75) is 6.92 Å². The molecule has 27 heavy (non-hydrogen) atoms. The lowest BCUT2D eigenvalue weighted by molar-refractivity contribution is -0.122. The first-order valence-corrected chi connectivity index (χ1v) is 8.75. The van der Waals surface area contributed by atoms with E-state index < -0.39 is 17.8 Å². The Balaban J connectivity index is 1.96. The van der Waals surface area contributed by atoms with Gasteiger partial charge in [0.1, 0.15) is 11.3 Å². The average Bonchev–Trinajstić information content (AvgIpc) is 2.62. The second-order valence-corrected chi connectivity index (χ2v) is 6.40. The van der Waals surface area contributed by atoms with Crippen molar-refractivity contribution in [3.05, 3.63) is 63.6 Å². The molecule has 2 aromatic carbocycles. The number of hydrogen-bond acceptors (Lipinski definition) is 4. The molecule has 1 saturated heterocycles. The highest BCUT2D eigenvalue weighted by atomic mass is 35.5. The first-order chi connectivity index (χ1) is 12.9. The molecule has 1 heterocycles. The maximum Gasteiger partial charge on any atom is 0.335 e. The quantitative estimate of drug-likeness (QED) is 0.615. The fraction of sp³-hybridized carbons (Fsp3) is 0.105. The maximum absolute atomic E-state index is 12.8. The minimum absolute atomic E-state index is 0.190. The van der Waals surface area contributed by atoms with Crippen LogP contribution in [0.25, 0.3) is 6.08 Å². The lowest BCUT2D eigenvalue weighted by atomic mass is 10.1. The Morgan fingerprint density at radius 3 is 2.41 bits per heavy atom. The van der Waals surface area contributed by atoms with Crippen LogP contribution < -0.4 is 15.0 Å². The second kappa shape index (κ2) is 7.82. The van der Waals surface area contributed by atoms with Gasteiger partial charge in [-0.15, -0.1) is 0 Å². The number of halogens is 2. The zero-order valence-electron chi connectivity index (χ0n) is 14.2. The van der Waals surface area contributed by atoms with Gasteiger partial charge >= 0.3 is 6.03 Å². The van der Waals surface area contributed by atoms with E-state index in [9.17, 15) is 14.4 Å². The van der Waals surface area contributed by atoms with E-state index in [1.807, 2.05) is 6.92 Å². The van der Waals surface area contributed by atoms with Gasteiger partial charge in [0.05, 0.1) is 17.3 Å². The smallest absolute Gasteiger partial charge is 0.335 e. The van der Waals surface area contributed by atoms with Crippen LogP contribution in [0.2, 0.25) is 10.0 Å². The van der Waals surface area contributed by atoms with E-state index in [2.05, 4.69) is 5.32 Å². The molecule has 1 fully saturated rings. The summed E-state index contributed by atoms with van der Waals surface area (Å²) < 4.78 is 5.36. The van der Waals surface area contributed by atoms with Crippen LogP contribution in [0.3, 0.4) is 0 Å². The topological polar surface area (TPSA) is 75.7 Å². The predicted molar refractivity (Wildman–Crippen MR) is 103 cm³/mol. The number of imide groups is 2. The number of carbonyl (C=O) groups is 3. The molecule has 0 saturated carbocycles. The normalized spacial score (nSPS) is 15.9. The third-order valence-electron chi connectivity index (χ3n) is 3.75. The highest BCUT2D eigenvalue weighted by Crippen LogP contribution is 2.28. The molecule has 6 nitrogen and oxygen atoms in total. The average molecular weight is 405 g/mol. The largest absolute Gasteiger partial charge is 0.492 e. The molecule has 1 aliphatic rings. The van der Waals surface area contributed by atoms with Crippen molar-refractivity contribution >= 4 is 52.8 Å². The molecule has 0 bridgehead atoms. The van der Waals surface area contributed by atoms with Crippen molar-refractivity contribution in [3.63, 3.8) is 0 Å². The van der Waals surface area contributed by atoms with Crippen LogP contribution in [0.15, 0.2) is 48.0 Å². The van der Waals surface area contributed by atoms with Crippen LogP contribution >= 0.6 is 23.2 Å². The van der Waals surface area contributed by atoms with Crippen LogP contribution in [0.4, 0.5) is 10.5 Å². The Morgan fingerprint density at radius 2 is 1.78 bits per heavy atom. The molecule has 1 aliphatic heterocycles. The van der Waals surface area contributed by atoms with Gasteiger partial charge < -0.3 is 4.74 Å². The third-order valence-corrected chi connectivity index (χ3v) is 4.30. The number of ether oxygens (including phenoxy) is 1. The van der Waals surface area contributed by atoms with Crippen LogP contribution in [0.5, 0.6) is 5.75 Å². The second-order valence-electron chi connectivity index (χ2n) is 5.56. The van der Waals surface area contributed by atoms with E-state index in [0.29, 0.717) is 33.7 Å². The summed E-state index contributed by atoms with van der Waals surface area (Å²) in [5.41, 5.74) is 0.627. The molecule has 0 radical (unpaired) electrons. The monoisotopic (exact) mass is 404 g/mol. The van der Waals surface area contributed by atoms with E-state index in [1.165, 1.54) is 18.2 Å². The highest BCUT2D eigenvalue weighted by molar-refractivity contribution is 6.39. The van der Waals surface area contributed by atoms with Gasteiger partial charge in [-0.1, -0.05) is 29.3 Å². The van der Waals surface area contributed by atoms with Gasteiger partial charge in [-0.05, 0) is 55.0 Å². The van der Waals surface area contributed by atoms with Gasteiger partial charge in [-0.25, -0.2) is 9.69 Å². The molecule has 0 aliphatic carbocycles. The Morgan fingerprint density at radius 1 is 1.07 bits per heavy atom. The number of hydrogen-bond donors (Lipinski definition) is 1. The van der Waals surface area contributed by atoms with Crippen LogP contribution in [0.1, 0.15) is 12.5 Å². The Labute approximate surface area is 165 Å². The minimum Gasteiger partial charge on any atom is -0.492 e. The summed E-state index contributed by atoms with van der Waals surface area (Å²) in [6.07, 6.45) is 1.37. The summed E-state index contributed by atoms with van der Waals surface area (Å²) >= 11 is 12.0. The van der Waals surface area contributed by atoms with E-state index in [0.717, 1.165) is 4.90 Å². The minimum atomic E-state index is -0.825. The van der Waals surface area contributed by atoms with Crippen molar-refractivity contribution in [1.29, 1.82) is 0 Å². The molecule has 0 unspecified atom stereocenters. The van der Waals surface area contributed by atoms with E-state index >= 15 is 0 Å². The van der Waals surface area contributed by atoms with Gasteiger partial charge in [0.25, 0.3) is 11.8 Å². The van der Waals surface area contributed by atoms with Gasteiger partial charge in [-0.2, -0.15) is 0 Å². The van der Waals surface area contributed by atoms with Gasteiger partial charge in [-0.3, -0.25) is 14.9 Å². The van der Waals surface area contributed by atoms with E-state index in [4.69, 9.17) is 27.9 Å². The Hall–Kier alpha value is -2.83. The predicted octanol–water partition coefficient (Wildman–Crippen LogP) is 4.06.